The molecule has 3 heterocycles. The molecule has 13 heteroatoms. The summed E-state index contributed by atoms with van der Waals surface area (Å²) in [7, 11) is 1.95. The van der Waals surface area contributed by atoms with Gasteiger partial charge in [0.15, 0.2) is 17.9 Å². The average molecular weight is 963 g/mol. The quantitative estimate of drug-likeness (QED) is 0.0688. The van der Waals surface area contributed by atoms with Gasteiger partial charge in [0.25, 0.3) is 0 Å². The molecule has 0 radical (unpaired) electrons. The molecule has 13 nitrogen and oxygen atoms in total. The van der Waals surface area contributed by atoms with Crippen LogP contribution in [0.2, 0.25) is 0 Å². The van der Waals surface area contributed by atoms with E-state index in [9.17, 15) is 0 Å². The van der Waals surface area contributed by atoms with Crippen molar-refractivity contribution in [2.24, 2.45) is 32.2 Å². The molecular formula is C59H70N12O. The van der Waals surface area contributed by atoms with E-state index in [1.807, 2.05) is 146 Å². The second-order valence-corrected chi connectivity index (χ2v) is 17.5. The second-order valence-electron chi connectivity index (χ2n) is 17.5. The zero-order valence-corrected chi connectivity index (χ0v) is 41.8. The number of rotatable bonds is 12. The molecule has 72 heavy (non-hydrogen) atoms. The number of hydrogen-bond acceptors (Lipinski definition) is 7. The first-order valence-electron chi connectivity index (χ1n) is 24.9. The van der Waals surface area contributed by atoms with Crippen molar-refractivity contribution in [1.29, 1.82) is 0 Å². The Morgan fingerprint density at radius 3 is 1.29 bits per heavy atom. The fourth-order valence-corrected chi connectivity index (χ4v) is 8.47. The number of nitrogens with two attached hydrogens (primary N) is 3. The van der Waals surface area contributed by atoms with Gasteiger partial charge in [-0.2, -0.15) is 0 Å². The zero-order chi connectivity index (χ0) is 50.3. The van der Waals surface area contributed by atoms with E-state index in [4.69, 9.17) is 27.3 Å². The van der Waals surface area contributed by atoms with Crippen molar-refractivity contribution in [3.63, 3.8) is 0 Å². The molecule has 2 aliphatic heterocycles. The van der Waals surface area contributed by atoms with E-state index in [-0.39, 0.29) is 6.61 Å². The van der Waals surface area contributed by atoms with E-state index < -0.39 is 0 Å². The van der Waals surface area contributed by atoms with Gasteiger partial charge >= 0.3 is 0 Å². The Balaban J connectivity index is 0.000000159. The van der Waals surface area contributed by atoms with Gasteiger partial charge in [-0.1, -0.05) is 159 Å². The number of likely N-dealkylation sites (N-methyl/N-ethyl adjacent to an activating group) is 2. The van der Waals surface area contributed by atoms with Crippen LogP contribution in [0.4, 0.5) is 17.1 Å². The first-order valence-corrected chi connectivity index (χ1v) is 24.9. The molecule has 2 saturated heterocycles. The normalized spacial score (nSPS) is 14.7. The Kier molecular flexibility index (Phi) is 19.9. The average Bonchev–Trinajstić information content (AvgIpc) is 3.44. The Morgan fingerprint density at radius 1 is 0.500 bits per heavy atom. The predicted molar refractivity (Wildman–Crippen MR) is 299 cm³/mol. The van der Waals surface area contributed by atoms with Crippen LogP contribution < -0.4 is 17.2 Å². The summed E-state index contributed by atoms with van der Waals surface area (Å²) in [5.74, 6) is 1.67. The van der Waals surface area contributed by atoms with Gasteiger partial charge in [0, 0.05) is 107 Å². The summed E-state index contributed by atoms with van der Waals surface area (Å²) in [5.41, 5.74) is 29.2. The van der Waals surface area contributed by atoms with Crippen molar-refractivity contribution >= 4 is 34.9 Å². The van der Waals surface area contributed by atoms with Gasteiger partial charge in [0.05, 0.1) is 23.7 Å². The van der Waals surface area contributed by atoms with Crippen LogP contribution in [0.25, 0.3) is 33.4 Å². The summed E-state index contributed by atoms with van der Waals surface area (Å²) in [4.78, 5) is 29.3. The molecule has 0 atom stereocenters. The third-order valence-electron chi connectivity index (χ3n) is 12.7. The zero-order valence-electron chi connectivity index (χ0n) is 41.8. The van der Waals surface area contributed by atoms with E-state index in [0.29, 0.717) is 17.9 Å². The van der Waals surface area contributed by atoms with E-state index in [1.165, 1.54) is 0 Å². The molecule has 2 aliphatic rings. The molecule has 1 aromatic heterocycles. The first-order chi connectivity index (χ1) is 35.3. The number of piperazine rings is 2. The summed E-state index contributed by atoms with van der Waals surface area (Å²) in [6, 6.07) is 61.0. The lowest BCUT2D eigenvalue weighted by atomic mass is 10.0. The highest BCUT2D eigenvalue weighted by atomic mass is 16.3. The highest BCUT2D eigenvalue weighted by molar-refractivity contribution is 5.87. The Hall–Kier alpha value is -7.84. The third-order valence-corrected chi connectivity index (χ3v) is 12.7. The number of para-hydroxylation sites is 3. The van der Waals surface area contributed by atoms with Crippen LogP contribution in [-0.2, 0) is 6.42 Å². The Labute approximate surface area is 426 Å². The molecule has 7 aromatic rings. The number of nitrogens with zero attached hydrogens (tertiary/aromatic N) is 9. The maximum atomic E-state index is 9.02. The lowest BCUT2D eigenvalue weighted by Gasteiger charge is -2.34. The predicted octanol–water partition coefficient (Wildman–Crippen LogP) is 8.72. The van der Waals surface area contributed by atoms with Gasteiger partial charge in [0.1, 0.15) is 0 Å². The molecule has 0 bridgehead atoms. The number of hydrogen-bond donors (Lipinski definition) is 4. The van der Waals surface area contributed by atoms with Crippen LogP contribution in [-0.4, -0.2) is 138 Å². The molecule has 0 aliphatic carbocycles. The maximum absolute atomic E-state index is 9.02. The van der Waals surface area contributed by atoms with Crippen molar-refractivity contribution in [1.82, 2.24) is 29.5 Å². The Morgan fingerprint density at radius 2 is 0.889 bits per heavy atom. The molecule has 0 unspecified atom stereocenters. The van der Waals surface area contributed by atoms with Gasteiger partial charge in [-0.3, -0.25) is 9.88 Å². The monoisotopic (exact) mass is 963 g/mol. The fraction of sp³-hybridized carbons (Fsp3) is 0.254. The van der Waals surface area contributed by atoms with Crippen molar-refractivity contribution in [3.05, 3.63) is 194 Å². The number of aliphatic hydroxyl groups is 1. The van der Waals surface area contributed by atoms with Gasteiger partial charge in [0.2, 0.25) is 0 Å². The van der Waals surface area contributed by atoms with Crippen molar-refractivity contribution < 1.29 is 5.11 Å². The molecule has 0 spiro atoms. The minimum Gasteiger partial charge on any atom is -0.395 e. The van der Waals surface area contributed by atoms with E-state index in [1.54, 1.807) is 0 Å². The van der Waals surface area contributed by atoms with Crippen LogP contribution in [0.5, 0.6) is 0 Å². The highest BCUT2D eigenvalue weighted by Crippen LogP contribution is 2.32. The standard InChI is InChI=1S/C21H22N4.C19H24N4O.C19H24N4/c1-25(16-14-18-11-7-8-15-23-18)21(22)24-20-13-6-5-12-19(20)17-9-3-2-4-10-17;20-19(23-12-10-22(11-13-23)14-15-24)21-18-9-5-4-8-17(18)16-6-2-1-3-7-16;1-2-22-12-14-23(15-13-22)19(20)21-18-11-7-6-10-17(18)16-8-4-3-5-9-16/h2-13,15H,14,16H2,1H3,(H2,22,24);1-9,24H,10-15H2,(H2,20,21);3-11H,2,12-15H2,1H3,(H2,20,21). The second kappa shape index (κ2) is 27.5. The van der Waals surface area contributed by atoms with Crippen LogP contribution >= 0.6 is 0 Å². The van der Waals surface area contributed by atoms with Crippen LogP contribution in [0.1, 0.15) is 12.6 Å². The van der Waals surface area contributed by atoms with E-state index >= 15 is 0 Å². The van der Waals surface area contributed by atoms with E-state index in [2.05, 4.69) is 96.1 Å². The minimum absolute atomic E-state index is 0.202. The topological polar surface area (TPSA) is 164 Å². The number of β-amino-alcohol motifs (C(OH)–C–C–N with tert-alkyl or cyclic N) is 1. The highest BCUT2D eigenvalue weighted by Gasteiger charge is 2.19. The molecule has 0 saturated carbocycles. The lowest BCUT2D eigenvalue weighted by molar-refractivity contribution is 0.146. The number of aliphatic hydroxyl groups excluding tert-OH is 1. The smallest absolute Gasteiger partial charge is 0.196 e. The summed E-state index contributed by atoms with van der Waals surface area (Å²) >= 11 is 0. The molecule has 6 aromatic carbocycles. The summed E-state index contributed by atoms with van der Waals surface area (Å²) in [6.07, 6.45) is 2.64. The largest absolute Gasteiger partial charge is 0.395 e. The summed E-state index contributed by atoms with van der Waals surface area (Å²) in [5, 5.41) is 9.02. The van der Waals surface area contributed by atoms with Crippen molar-refractivity contribution in [3.8, 4) is 33.4 Å². The summed E-state index contributed by atoms with van der Waals surface area (Å²) in [6.45, 7) is 12.4. The SMILES string of the molecule is CCN1CCN(C(N)=Nc2ccccc2-c2ccccc2)CC1.CN(CCc1ccccn1)C(N)=Nc1ccccc1-c1ccccc1.NC(=Nc1ccccc1-c1ccccc1)N1CCN(CCO)CC1. The number of benzene rings is 6. The van der Waals surface area contributed by atoms with Gasteiger partial charge in [-0.25, -0.2) is 15.0 Å². The van der Waals surface area contributed by atoms with Crippen molar-refractivity contribution in [2.75, 3.05) is 85.6 Å². The first kappa shape index (κ1) is 52.0. The molecular weight excluding hydrogens is 893 g/mol. The molecule has 0 amide bonds. The number of aliphatic imine (C=N–C) groups is 3. The molecule has 9 rings (SSSR count). The van der Waals surface area contributed by atoms with E-state index in [0.717, 1.165) is 135 Å². The van der Waals surface area contributed by atoms with Crippen LogP contribution in [0, 0.1) is 0 Å². The summed E-state index contributed by atoms with van der Waals surface area (Å²) < 4.78 is 0. The minimum atomic E-state index is 0.202. The van der Waals surface area contributed by atoms with Crippen LogP contribution in [0.3, 0.4) is 0 Å². The third kappa shape index (κ3) is 15.3. The molecule has 2 fully saturated rings. The molecule has 372 valence electrons. The van der Waals surface area contributed by atoms with Gasteiger partial charge < -0.3 is 41.9 Å². The fourth-order valence-electron chi connectivity index (χ4n) is 8.47. The van der Waals surface area contributed by atoms with Crippen LogP contribution in [0.15, 0.2) is 203 Å². The number of guanidine groups is 3. The molecule has 7 N–H and O–H groups in total. The lowest BCUT2D eigenvalue weighted by Crippen LogP contribution is -2.51. The maximum Gasteiger partial charge on any atom is 0.196 e. The van der Waals surface area contributed by atoms with Gasteiger partial charge in [-0.05, 0) is 53.6 Å². The van der Waals surface area contributed by atoms with Gasteiger partial charge in [-0.15, -0.1) is 0 Å². The van der Waals surface area contributed by atoms with Crippen molar-refractivity contribution in [2.45, 2.75) is 13.3 Å². The Bertz CT molecular complexity index is 2770. The number of pyridine rings is 1. The number of aromatic nitrogens is 1.